The summed E-state index contributed by atoms with van der Waals surface area (Å²) in [5.41, 5.74) is 2.27. The van der Waals surface area contributed by atoms with Gasteiger partial charge >= 0.3 is 6.01 Å². The summed E-state index contributed by atoms with van der Waals surface area (Å²) in [6.45, 7) is 4.70. The molecule has 21 heavy (non-hydrogen) atoms. The van der Waals surface area contributed by atoms with Gasteiger partial charge < -0.3 is 9.64 Å². The number of anilines is 2. The van der Waals surface area contributed by atoms with Crippen LogP contribution in [0.3, 0.4) is 0 Å². The van der Waals surface area contributed by atoms with E-state index in [1.165, 1.54) is 5.56 Å². The highest BCUT2D eigenvalue weighted by molar-refractivity contribution is 6.28. The minimum Gasteiger partial charge on any atom is -0.463 e. The van der Waals surface area contributed by atoms with Crippen LogP contribution in [0.5, 0.6) is 6.01 Å². The molecular weight excluding hydrogens is 288 g/mol. The highest BCUT2D eigenvalue weighted by atomic mass is 35.5. The maximum atomic E-state index is 5.94. The van der Waals surface area contributed by atoms with Gasteiger partial charge in [0.1, 0.15) is 0 Å². The average Bonchev–Trinajstić information content (AvgIpc) is 2.51. The molecule has 112 valence electrons. The van der Waals surface area contributed by atoms with Crippen molar-refractivity contribution in [3.8, 4) is 6.01 Å². The number of aromatic nitrogens is 3. The van der Waals surface area contributed by atoms with Gasteiger partial charge in [-0.15, -0.1) is 0 Å². The van der Waals surface area contributed by atoms with Crippen LogP contribution >= 0.6 is 11.6 Å². The molecule has 2 rings (SSSR count). The first-order valence-corrected chi connectivity index (χ1v) is 7.38. The molecule has 0 fully saturated rings. The van der Waals surface area contributed by atoms with Crippen LogP contribution in [0.2, 0.25) is 5.28 Å². The largest absolute Gasteiger partial charge is 0.463 e. The van der Waals surface area contributed by atoms with E-state index in [9.17, 15) is 0 Å². The van der Waals surface area contributed by atoms with E-state index in [4.69, 9.17) is 16.3 Å². The predicted molar refractivity (Wildman–Crippen MR) is 84.5 cm³/mol. The van der Waals surface area contributed by atoms with E-state index in [1.54, 1.807) is 0 Å². The normalized spacial score (nSPS) is 10.5. The highest BCUT2D eigenvalue weighted by Gasteiger charge is 2.11. The van der Waals surface area contributed by atoms with E-state index in [2.05, 4.69) is 34.0 Å². The number of ether oxygens (including phenoxy) is 1. The van der Waals surface area contributed by atoms with Crippen LogP contribution in [0.1, 0.15) is 25.8 Å². The first kappa shape index (κ1) is 15.5. The van der Waals surface area contributed by atoms with Gasteiger partial charge in [0.15, 0.2) is 0 Å². The van der Waals surface area contributed by atoms with Gasteiger partial charge in [-0.1, -0.05) is 26.0 Å². The van der Waals surface area contributed by atoms with E-state index in [0.717, 1.165) is 18.5 Å². The molecule has 1 aromatic carbocycles. The molecule has 0 N–H and O–H groups in total. The van der Waals surface area contributed by atoms with Crippen molar-refractivity contribution in [1.29, 1.82) is 0 Å². The monoisotopic (exact) mass is 306 g/mol. The summed E-state index contributed by atoms with van der Waals surface area (Å²) in [7, 11) is 1.89. The number of hydrogen-bond acceptors (Lipinski definition) is 5. The van der Waals surface area contributed by atoms with Crippen LogP contribution in [0.25, 0.3) is 0 Å². The number of hydrogen-bond donors (Lipinski definition) is 0. The van der Waals surface area contributed by atoms with Crippen LogP contribution in [0.15, 0.2) is 24.3 Å². The van der Waals surface area contributed by atoms with Crippen molar-refractivity contribution in [3.05, 3.63) is 35.1 Å². The Morgan fingerprint density at radius 3 is 2.43 bits per heavy atom. The van der Waals surface area contributed by atoms with Crippen molar-refractivity contribution < 1.29 is 4.74 Å². The first-order valence-electron chi connectivity index (χ1n) is 7.01. The van der Waals surface area contributed by atoms with Crippen LogP contribution in [-0.2, 0) is 6.42 Å². The topological polar surface area (TPSA) is 51.1 Å². The summed E-state index contributed by atoms with van der Waals surface area (Å²) in [5, 5.41) is 0.128. The fourth-order valence-corrected chi connectivity index (χ4v) is 1.95. The third-order valence-corrected chi connectivity index (χ3v) is 3.21. The van der Waals surface area contributed by atoms with Gasteiger partial charge in [0.05, 0.1) is 6.61 Å². The van der Waals surface area contributed by atoms with Crippen LogP contribution in [0, 0.1) is 0 Å². The number of benzene rings is 1. The van der Waals surface area contributed by atoms with Crippen molar-refractivity contribution >= 4 is 23.2 Å². The molecule has 5 nitrogen and oxygen atoms in total. The van der Waals surface area contributed by atoms with E-state index in [0.29, 0.717) is 12.6 Å². The fraction of sp³-hybridized carbons (Fsp3) is 0.400. The second-order valence-corrected chi connectivity index (χ2v) is 4.95. The van der Waals surface area contributed by atoms with Gasteiger partial charge in [-0.2, -0.15) is 15.0 Å². The van der Waals surface area contributed by atoms with E-state index in [1.807, 2.05) is 31.0 Å². The van der Waals surface area contributed by atoms with E-state index < -0.39 is 0 Å². The maximum Gasteiger partial charge on any atom is 0.322 e. The molecular formula is C15H19ClN4O. The maximum absolute atomic E-state index is 5.94. The molecule has 0 aliphatic carbocycles. The summed E-state index contributed by atoms with van der Waals surface area (Å²) in [6, 6.07) is 8.49. The summed E-state index contributed by atoms with van der Waals surface area (Å²) in [6.07, 6.45) is 1.89. The second kappa shape index (κ2) is 7.22. The fourth-order valence-electron chi connectivity index (χ4n) is 1.80. The van der Waals surface area contributed by atoms with Crippen LogP contribution in [-0.4, -0.2) is 28.6 Å². The molecule has 1 heterocycles. The molecule has 6 heteroatoms. The van der Waals surface area contributed by atoms with Crippen molar-refractivity contribution in [2.75, 3.05) is 18.6 Å². The minimum absolute atomic E-state index is 0.128. The highest BCUT2D eigenvalue weighted by Crippen LogP contribution is 2.23. The minimum atomic E-state index is 0.128. The smallest absolute Gasteiger partial charge is 0.322 e. The molecule has 2 aromatic rings. The lowest BCUT2D eigenvalue weighted by Crippen LogP contribution is -2.14. The average molecular weight is 307 g/mol. The summed E-state index contributed by atoms with van der Waals surface area (Å²) in [5.74, 6) is 0.463. The third-order valence-electron chi connectivity index (χ3n) is 3.04. The zero-order chi connectivity index (χ0) is 15.2. The van der Waals surface area contributed by atoms with Crippen molar-refractivity contribution in [1.82, 2.24) is 15.0 Å². The number of aryl methyl sites for hydroxylation is 1. The predicted octanol–water partition coefficient (Wildman–Crippen LogP) is 3.64. The van der Waals surface area contributed by atoms with Gasteiger partial charge in [0, 0.05) is 12.7 Å². The lowest BCUT2D eigenvalue weighted by Gasteiger charge is -2.18. The van der Waals surface area contributed by atoms with Gasteiger partial charge in [-0.3, -0.25) is 0 Å². The molecule has 1 aromatic heterocycles. The van der Waals surface area contributed by atoms with Gasteiger partial charge in [-0.25, -0.2) is 0 Å². The Hall–Kier alpha value is -1.88. The SMILES string of the molecule is CCCOc1nc(Cl)nc(N(C)c2ccc(CC)cc2)n1. The molecule has 0 aliphatic rings. The number of nitrogens with zero attached hydrogens (tertiary/aromatic N) is 4. The lowest BCUT2D eigenvalue weighted by molar-refractivity contribution is 0.291. The molecule has 0 radical (unpaired) electrons. The Kier molecular flexibility index (Phi) is 5.33. The second-order valence-electron chi connectivity index (χ2n) is 4.61. The number of rotatable bonds is 6. The molecule has 0 saturated carbocycles. The van der Waals surface area contributed by atoms with E-state index in [-0.39, 0.29) is 11.3 Å². The van der Waals surface area contributed by atoms with E-state index >= 15 is 0 Å². The Bertz CT molecular complexity index is 589. The standard InChI is InChI=1S/C15H19ClN4O/c1-4-10-21-15-18-13(16)17-14(19-15)20(3)12-8-6-11(5-2)7-9-12/h6-9H,4-5,10H2,1-3H3. The molecule has 0 unspecified atom stereocenters. The Morgan fingerprint density at radius 1 is 1.10 bits per heavy atom. The molecule has 0 amide bonds. The van der Waals surface area contributed by atoms with Gasteiger partial charge in [0.2, 0.25) is 11.2 Å². The molecule has 0 atom stereocenters. The van der Waals surface area contributed by atoms with Crippen molar-refractivity contribution in [3.63, 3.8) is 0 Å². The molecule has 0 saturated heterocycles. The molecule has 0 spiro atoms. The zero-order valence-electron chi connectivity index (χ0n) is 12.5. The van der Waals surface area contributed by atoms with Crippen LogP contribution < -0.4 is 9.64 Å². The van der Waals surface area contributed by atoms with Crippen LogP contribution in [0.4, 0.5) is 11.6 Å². The first-order chi connectivity index (χ1) is 10.1. The Labute approximate surface area is 130 Å². The molecule has 0 aliphatic heterocycles. The third kappa shape index (κ3) is 4.04. The molecule has 0 bridgehead atoms. The summed E-state index contributed by atoms with van der Waals surface area (Å²) < 4.78 is 5.43. The summed E-state index contributed by atoms with van der Waals surface area (Å²) in [4.78, 5) is 14.3. The number of halogens is 1. The van der Waals surface area contributed by atoms with Gasteiger partial charge in [0.25, 0.3) is 0 Å². The Balaban J connectivity index is 2.24. The zero-order valence-corrected chi connectivity index (χ0v) is 13.3. The summed E-state index contributed by atoms with van der Waals surface area (Å²) >= 11 is 5.94. The Morgan fingerprint density at radius 2 is 1.81 bits per heavy atom. The quantitative estimate of drug-likeness (QED) is 0.815. The lowest BCUT2D eigenvalue weighted by atomic mass is 10.1. The van der Waals surface area contributed by atoms with Crippen molar-refractivity contribution in [2.45, 2.75) is 26.7 Å². The van der Waals surface area contributed by atoms with Gasteiger partial charge in [-0.05, 0) is 42.1 Å². The van der Waals surface area contributed by atoms with Crippen molar-refractivity contribution in [2.24, 2.45) is 0 Å².